The molecule has 0 aliphatic carbocycles. The summed E-state index contributed by atoms with van der Waals surface area (Å²) in [6, 6.07) is -1.39. The number of ether oxygens (including phenoxy) is 1. The highest BCUT2D eigenvalue weighted by Gasteiger charge is 2.62. The van der Waals surface area contributed by atoms with E-state index in [-0.39, 0.29) is 11.5 Å². The molecule has 1 saturated heterocycles. The molecule has 1 N–H and O–H groups in total. The molecule has 1 fully saturated rings. The van der Waals surface area contributed by atoms with Crippen LogP contribution in [0.1, 0.15) is 0 Å². The predicted octanol–water partition coefficient (Wildman–Crippen LogP) is 1.29. The van der Waals surface area contributed by atoms with Gasteiger partial charge < -0.3 is 14.7 Å². The number of hydrogen-bond acceptors (Lipinski definition) is 3. The zero-order valence-electron chi connectivity index (χ0n) is 10.5. The third-order valence-electron chi connectivity index (χ3n) is 3.11. The van der Waals surface area contributed by atoms with Gasteiger partial charge in [0.15, 0.2) is 0 Å². The van der Waals surface area contributed by atoms with E-state index in [1.54, 1.807) is 0 Å². The Kier molecular flexibility index (Phi) is 4.76. The molecule has 1 aliphatic heterocycles. The van der Waals surface area contributed by atoms with E-state index in [0.717, 1.165) is 0 Å². The standard InChI is InChI=1S/C10H11F6NO4/c1-17(5-3-21-2-4(5)8(19)20)7(18)6(9(11,12)13)10(14,15)16/h4-6H,2-3H2,1H3,(H,19,20). The number of carbonyl (C=O) groups excluding carboxylic acids is 1. The fourth-order valence-corrected chi connectivity index (χ4v) is 1.99. The molecule has 0 bridgehead atoms. The number of alkyl halides is 6. The van der Waals surface area contributed by atoms with Crippen LogP contribution in [-0.2, 0) is 14.3 Å². The van der Waals surface area contributed by atoms with Crippen molar-refractivity contribution < 1.29 is 45.8 Å². The van der Waals surface area contributed by atoms with Gasteiger partial charge in [-0.3, -0.25) is 9.59 Å². The first-order chi connectivity index (χ1) is 9.37. The number of nitrogens with zero attached hydrogens (tertiary/aromatic N) is 1. The van der Waals surface area contributed by atoms with Crippen molar-refractivity contribution in [3.05, 3.63) is 0 Å². The summed E-state index contributed by atoms with van der Waals surface area (Å²) in [5, 5.41) is 8.81. The van der Waals surface area contributed by atoms with Crippen LogP contribution < -0.4 is 0 Å². The molecular formula is C10H11F6NO4. The molecular weight excluding hydrogens is 312 g/mol. The van der Waals surface area contributed by atoms with Gasteiger partial charge in [0, 0.05) is 7.05 Å². The van der Waals surface area contributed by atoms with Crippen LogP contribution in [0.15, 0.2) is 0 Å². The molecule has 0 radical (unpaired) electrons. The van der Waals surface area contributed by atoms with E-state index in [4.69, 9.17) is 9.84 Å². The fourth-order valence-electron chi connectivity index (χ4n) is 1.99. The lowest BCUT2D eigenvalue weighted by molar-refractivity contribution is -0.277. The molecule has 0 aromatic rings. The first kappa shape index (κ1) is 17.5. The lowest BCUT2D eigenvalue weighted by atomic mass is 10.00. The van der Waals surface area contributed by atoms with E-state index in [0.29, 0.717) is 7.05 Å². The second-order valence-electron chi connectivity index (χ2n) is 4.51. The Hall–Kier alpha value is -1.52. The summed E-state index contributed by atoms with van der Waals surface area (Å²) in [4.78, 5) is 22.5. The maximum atomic E-state index is 12.5. The van der Waals surface area contributed by atoms with E-state index in [1.807, 2.05) is 0 Å². The predicted molar refractivity (Wildman–Crippen MR) is 54.1 cm³/mol. The SMILES string of the molecule is CN(C(=O)C(C(F)(F)F)C(F)(F)F)C1COCC1C(=O)O. The first-order valence-corrected chi connectivity index (χ1v) is 5.58. The van der Waals surface area contributed by atoms with E-state index in [1.165, 1.54) is 0 Å². The molecule has 122 valence electrons. The van der Waals surface area contributed by atoms with Gasteiger partial charge in [0.05, 0.1) is 19.3 Å². The minimum atomic E-state index is -5.82. The van der Waals surface area contributed by atoms with Crippen LogP contribution in [0.3, 0.4) is 0 Å². The Morgan fingerprint density at radius 3 is 2.00 bits per heavy atom. The maximum absolute atomic E-state index is 12.5. The van der Waals surface area contributed by atoms with Crippen molar-refractivity contribution in [2.75, 3.05) is 20.3 Å². The zero-order chi connectivity index (χ0) is 16.6. The minimum Gasteiger partial charge on any atom is -0.481 e. The fraction of sp³-hybridized carbons (Fsp3) is 0.800. The second-order valence-corrected chi connectivity index (χ2v) is 4.51. The Labute approximate surface area is 114 Å². The van der Waals surface area contributed by atoms with Crippen LogP contribution in [0.4, 0.5) is 26.3 Å². The monoisotopic (exact) mass is 323 g/mol. The Bertz CT molecular complexity index is 407. The Morgan fingerprint density at radius 1 is 1.14 bits per heavy atom. The number of carboxylic acids is 1. The highest BCUT2D eigenvalue weighted by Crippen LogP contribution is 2.40. The average Bonchev–Trinajstić information content (AvgIpc) is 2.72. The summed E-state index contributed by atoms with van der Waals surface area (Å²) < 4.78 is 79.4. The Morgan fingerprint density at radius 2 is 1.62 bits per heavy atom. The third-order valence-corrected chi connectivity index (χ3v) is 3.11. The van der Waals surface area contributed by atoms with Crippen LogP contribution in [0.2, 0.25) is 0 Å². The minimum absolute atomic E-state index is 0.150. The van der Waals surface area contributed by atoms with Gasteiger partial charge in [-0.05, 0) is 0 Å². The van der Waals surface area contributed by atoms with Gasteiger partial charge in [0.25, 0.3) is 0 Å². The summed E-state index contributed by atoms with van der Waals surface area (Å²) in [6.07, 6.45) is -11.6. The normalized spacial score (nSPS) is 23.4. The van der Waals surface area contributed by atoms with Gasteiger partial charge in [-0.2, -0.15) is 26.3 Å². The van der Waals surface area contributed by atoms with Gasteiger partial charge in [0.1, 0.15) is 5.92 Å². The van der Waals surface area contributed by atoms with Crippen LogP contribution in [0.25, 0.3) is 0 Å². The van der Waals surface area contributed by atoms with E-state index < -0.39 is 48.7 Å². The summed E-state index contributed by atoms with van der Waals surface area (Å²) in [5.41, 5.74) is 0. The molecule has 1 aliphatic rings. The molecule has 0 aromatic carbocycles. The lowest BCUT2D eigenvalue weighted by Gasteiger charge is -2.31. The molecule has 21 heavy (non-hydrogen) atoms. The summed E-state index contributed by atoms with van der Waals surface area (Å²) >= 11 is 0. The van der Waals surface area contributed by atoms with Crippen molar-refractivity contribution in [3.63, 3.8) is 0 Å². The van der Waals surface area contributed by atoms with Crippen molar-refractivity contribution >= 4 is 11.9 Å². The van der Waals surface area contributed by atoms with Crippen molar-refractivity contribution in [2.24, 2.45) is 11.8 Å². The number of likely N-dealkylation sites (N-methyl/N-ethyl adjacent to an activating group) is 1. The molecule has 11 heteroatoms. The molecule has 0 saturated carbocycles. The number of rotatable bonds is 3. The van der Waals surface area contributed by atoms with Crippen molar-refractivity contribution in [3.8, 4) is 0 Å². The molecule has 1 rings (SSSR count). The van der Waals surface area contributed by atoms with Gasteiger partial charge in [0.2, 0.25) is 11.8 Å². The molecule has 2 atom stereocenters. The Balaban J connectivity index is 3.02. The number of hydrogen-bond donors (Lipinski definition) is 1. The number of carbonyl (C=O) groups is 2. The number of carboxylic acid groups (broad SMARTS) is 1. The van der Waals surface area contributed by atoms with E-state index in [9.17, 15) is 35.9 Å². The van der Waals surface area contributed by atoms with Gasteiger partial charge in [-0.1, -0.05) is 0 Å². The van der Waals surface area contributed by atoms with Crippen molar-refractivity contribution in [1.29, 1.82) is 0 Å². The second kappa shape index (κ2) is 5.70. The maximum Gasteiger partial charge on any atom is 0.409 e. The number of halogens is 6. The topological polar surface area (TPSA) is 66.8 Å². The smallest absolute Gasteiger partial charge is 0.409 e. The highest BCUT2D eigenvalue weighted by atomic mass is 19.4. The number of amides is 1. The molecule has 1 amide bonds. The van der Waals surface area contributed by atoms with Crippen molar-refractivity contribution in [2.45, 2.75) is 18.4 Å². The average molecular weight is 323 g/mol. The van der Waals surface area contributed by atoms with Gasteiger partial charge >= 0.3 is 18.3 Å². The molecule has 5 nitrogen and oxygen atoms in total. The first-order valence-electron chi connectivity index (χ1n) is 5.58. The third kappa shape index (κ3) is 3.77. The van der Waals surface area contributed by atoms with Gasteiger partial charge in [-0.25, -0.2) is 0 Å². The van der Waals surface area contributed by atoms with E-state index in [2.05, 4.69) is 0 Å². The summed E-state index contributed by atoms with van der Waals surface area (Å²) in [5.74, 6) is -9.28. The summed E-state index contributed by atoms with van der Waals surface area (Å²) in [6.45, 7) is -0.831. The van der Waals surface area contributed by atoms with Crippen LogP contribution in [0.5, 0.6) is 0 Å². The summed E-state index contributed by atoms with van der Waals surface area (Å²) in [7, 11) is 0.697. The number of aliphatic carboxylic acids is 1. The van der Waals surface area contributed by atoms with Gasteiger partial charge in [-0.15, -0.1) is 0 Å². The lowest BCUT2D eigenvalue weighted by Crippen LogP contribution is -2.53. The quantitative estimate of drug-likeness (QED) is 0.795. The highest BCUT2D eigenvalue weighted by molar-refractivity contribution is 5.81. The van der Waals surface area contributed by atoms with Crippen LogP contribution in [0, 0.1) is 11.8 Å². The van der Waals surface area contributed by atoms with Crippen molar-refractivity contribution in [1.82, 2.24) is 4.90 Å². The van der Waals surface area contributed by atoms with Crippen LogP contribution >= 0.6 is 0 Å². The molecule has 0 spiro atoms. The molecule has 0 aromatic heterocycles. The largest absolute Gasteiger partial charge is 0.481 e. The molecule has 2 unspecified atom stereocenters. The van der Waals surface area contributed by atoms with Crippen LogP contribution in [-0.4, -0.2) is 60.5 Å². The zero-order valence-corrected chi connectivity index (χ0v) is 10.5. The van der Waals surface area contributed by atoms with E-state index >= 15 is 0 Å². The molecule has 1 heterocycles.